The Hall–Kier alpha value is -2.82. The molecule has 2 amide bonds. The van der Waals surface area contributed by atoms with Crippen LogP contribution in [0.3, 0.4) is 0 Å². The number of hydrogen-bond acceptors (Lipinski definition) is 3. The Morgan fingerprint density at radius 2 is 1.70 bits per heavy atom. The van der Waals surface area contributed by atoms with Crippen molar-refractivity contribution in [2.24, 2.45) is 5.73 Å². The molecule has 0 aromatic heterocycles. The van der Waals surface area contributed by atoms with Gasteiger partial charge in [-0.15, -0.1) is 0 Å². The van der Waals surface area contributed by atoms with E-state index in [9.17, 15) is 9.59 Å². The summed E-state index contributed by atoms with van der Waals surface area (Å²) in [5.41, 5.74) is 8.43. The second-order valence-corrected chi connectivity index (χ2v) is 5.56. The highest BCUT2D eigenvalue weighted by atomic mass is 16.6. The average molecular weight is 310 g/mol. The molecular weight excluding hydrogens is 292 g/mol. The third-order valence-electron chi connectivity index (χ3n) is 4.02. The Kier molecular flexibility index (Phi) is 4.28. The fraction of sp³-hybridized carbons (Fsp3) is 0.222. The van der Waals surface area contributed by atoms with Gasteiger partial charge in [0.2, 0.25) is 5.91 Å². The van der Waals surface area contributed by atoms with E-state index in [1.54, 1.807) is 0 Å². The maximum atomic E-state index is 12.4. The molecule has 2 aromatic rings. The van der Waals surface area contributed by atoms with E-state index < -0.39 is 18.0 Å². The van der Waals surface area contributed by atoms with Crippen molar-refractivity contribution in [3.8, 4) is 0 Å². The summed E-state index contributed by atoms with van der Waals surface area (Å²) in [6.45, 7) is 0.501. The zero-order chi connectivity index (χ0) is 16.2. The molecule has 118 valence electrons. The van der Waals surface area contributed by atoms with E-state index in [0.717, 1.165) is 16.7 Å². The Balaban J connectivity index is 1.74. The number of rotatable bonds is 3. The largest absolute Gasteiger partial charge is 0.445 e. The summed E-state index contributed by atoms with van der Waals surface area (Å²) in [4.78, 5) is 25.5. The summed E-state index contributed by atoms with van der Waals surface area (Å²) in [6.07, 6.45) is -0.0986. The minimum Gasteiger partial charge on any atom is -0.445 e. The van der Waals surface area contributed by atoms with Crippen LogP contribution in [0.1, 0.15) is 16.7 Å². The second kappa shape index (κ2) is 6.52. The van der Waals surface area contributed by atoms with E-state index in [1.807, 2.05) is 54.6 Å². The van der Waals surface area contributed by atoms with Crippen LogP contribution >= 0.6 is 0 Å². The van der Waals surface area contributed by atoms with Gasteiger partial charge in [0, 0.05) is 6.42 Å². The molecule has 5 nitrogen and oxygen atoms in total. The topological polar surface area (TPSA) is 72.6 Å². The van der Waals surface area contributed by atoms with E-state index >= 15 is 0 Å². The molecule has 3 rings (SSSR count). The minimum absolute atomic E-state index is 0.170. The van der Waals surface area contributed by atoms with Crippen molar-refractivity contribution in [1.29, 1.82) is 0 Å². The van der Waals surface area contributed by atoms with Crippen molar-refractivity contribution in [1.82, 2.24) is 4.90 Å². The van der Waals surface area contributed by atoms with Gasteiger partial charge in [0.1, 0.15) is 12.6 Å². The van der Waals surface area contributed by atoms with Gasteiger partial charge < -0.3 is 10.5 Å². The molecule has 0 bridgehead atoms. The van der Waals surface area contributed by atoms with Crippen molar-refractivity contribution in [3.05, 3.63) is 71.3 Å². The fourth-order valence-corrected chi connectivity index (χ4v) is 2.77. The molecule has 2 aromatic carbocycles. The lowest BCUT2D eigenvalue weighted by atomic mass is 9.94. The SMILES string of the molecule is NC(=O)[C@@H]1Cc2ccccc2CN1C(=O)OCc1ccccc1. The lowest BCUT2D eigenvalue weighted by Crippen LogP contribution is -2.51. The van der Waals surface area contributed by atoms with Crippen LogP contribution in [-0.2, 0) is 29.1 Å². The number of carbonyl (C=O) groups excluding carboxylic acids is 2. The normalized spacial score (nSPS) is 16.5. The summed E-state index contributed by atoms with van der Waals surface area (Å²) in [7, 11) is 0. The van der Waals surface area contributed by atoms with Crippen LogP contribution < -0.4 is 5.73 Å². The zero-order valence-corrected chi connectivity index (χ0v) is 12.6. The van der Waals surface area contributed by atoms with Crippen LogP contribution in [0, 0.1) is 0 Å². The van der Waals surface area contributed by atoms with Crippen LogP contribution in [0.2, 0.25) is 0 Å². The molecule has 1 aliphatic heterocycles. The average Bonchev–Trinajstić information content (AvgIpc) is 2.59. The number of amides is 2. The van der Waals surface area contributed by atoms with Gasteiger partial charge in [0.25, 0.3) is 0 Å². The van der Waals surface area contributed by atoms with Crippen LogP contribution in [0.5, 0.6) is 0 Å². The van der Waals surface area contributed by atoms with Crippen molar-refractivity contribution < 1.29 is 14.3 Å². The van der Waals surface area contributed by atoms with Gasteiger partial charge in [0.05, 0.1) is 6.54 Å². The molecule has 5 heteroatoms. The highest BCUT2D eigenvalue weighted by Crippen LogP contribution is 2.24. The van der Waals surface area contributed by atoms with Gasteiger partial charge in [0.15, 0.2) is 0 Å². The van der Waals surface area contributed by atoms with E-state index in [1.165, 1.54) is 4.90 Å². The molecular formula is C18H18N2O3. The van der Waals surface area contributed by atoms with Crippen molar-refractivity contribution in [3.63, 3.8) is 0 Å². The Bertz CT molecular complexity index is 715. The van der Waals surface area contributed by atoms with E-state index in [4.69, 9.17) is 10.5 Å². The van der Waals surface area contributed by atoms with E-state index in [0.29, 0.717) is 13.0 Å². The van der Waals surface area contributed by atoms with Crippen molar-refractivity contribution in [2.75, 3.05) is 0 Å². The van der Waals surface area contributed by atoms with Gasteiger partial charge in [-0.2, -0.15) is 0 Å². The maximum absolute atomic E-state index is 12.4. The molecule has 1 heterocycles. The first kappa shape index (κ1) is 15.1. The number of nitrogens with zero attached hydrogens (tertiary/aromatic N) is 1. The number of hydrogen-bond donors (Lipinski definition) is 1. The number of carbonyl (C=O) groups is 2. The van der Waals surface area contributed by atoms with E-state index in [2.05, 4.69) is 0 Å². The molecule has 1 atom stereocenters. The first-order valence-electron chi connectivity index (χ1n) is 7.48. The number of nitrogens with two attached hydrogens (primary N) is 1. The van der Waals surface area contributed by atoms with Gasteiger partial charge in [-0.25, -0.2) is 4.79 Å². The third kappa shape index (κ3) is 3.34. The number of fused-ring (bicyclic) bond motifs is 1. The van der Waals surface area contributed by atoms with Gasteiger partial charge in [-0.3, -0.25) is 9.69 Å². The maximum Gasteiger partial charge on any atom is 0.411 e. The second-order valence-electron chi connectivity index (χ2n) is 5.56. The summed E-state index contributed by atoms with van der Waals surface area (Å²) < 4.78 is 5.34. The standard InChI is InChI=1S/C18H18N2O3/c19-17(21)16-10-14-8-4-5-9-15(14)11-20(16)18(22)23-12-13-6-2-1-3-7-13/h1-9,16H,10-12H2,(H2,19,21)/t16-/m0/s1. The molecule has 23 heavy (non-hydrogen) atoms. The molecule has 0 radical (unpaired) electrons. The first-order chi connectivity index (χ1) is 11.1. The predicted octanol–water partition coefficient (Wildman–Crippen LogP) is 2.24. The zero-order valence-electron chi connectivity index (χ0n) is 12.6. The molecule has 0 saturated carbocycles. The lowest BCUT2D eigenvalue weighted by molar-refractivity contribution is -0.123. The van der Waals surface area contributed by atoms with Crippen LogP contribution in [-0.4, -0.2) is 22.9 Å². The van der Waals surface area contributed by atoms with Crippen LogP contribution in [0.4, 0.5) is 4.79 Å². The van der Waals surface area contributed by atoms with Gasteiger partial charge in [-0.05, 0) is 16.7 Å². The molecule has 2 N–H and O–H groups in total. The highest BCUT2D eigenvalue weighted by Gasteiger charge is 2.34. The number of ether oxygens (including phenoxy) is 1. The van der Waals surface area contributed by atoms with Crippen LogP contribution in [0.25, 0.3) is 0 Å². The van der Waals surface area contributed by atoms with Crippen molar-refractivity contribution >= 4 is 12.0 Å². The Morgan fingerprint density at radius 3 is 2.39 bits per heavy atom. The van der Waals surface area contributed by atoms with E-state index in [-0.39, 0.29) is 6.61 Å². The number of benzene rings is 2. The molecule has 1 aliphatic rings. The minimum atomic E-state index is -0.673. The predicted molar refractivity (Wildman–Crippen MR) is 85.3 cm³/mol. The Labute approximate surface area is 134 Å². The molecule has 0 unspecified atom stereocenters. The third-order valence-corrected chi connectivity index (χ3v) is 4.02. The Morgan fingerprint density at radius 1 is 1.04 bits per heavy atom. The fourth-order valence-electron chi connectivity index (χ4n) is 2.77. The molecule has 0 spiro atoms. The molecule has 0 aliphatic carbocycles. The summed E-state index contributed by atoms with van der Waals surface area (Å²) in [5, 5.41) is 0. The smallest absolute Gasteiger partial charge is 0.411 e. The van der Waals surface area contributed by atoms with Gasteiger partial charge in [-0.1, -0.05) is 54.6 Å². The first-order valence-corrected chi connectivity index (χ1v) is 7.48. The molecule has 0 fully saturated rings. The summed E-state index contributed by atoms with van der Waals surface area (Å²) in [5.74, 6) is -0.517. The van der Waals surface area contributed by atoms with Gasteiger partial charge >= 0.3 is 6.09 Å². The quantitative estimate of drug-likeness (QED) is 0.945. The number of primary amides is 1. The monoisotopic (exact) mass is 310 g/mol. The van der Waals surface area contributed by atoms with Crippen LogP contribution in [0.15, 0.2) is 54.6 Å². The lowest BCUT2D eigenvalue weighted by Gasteiger charge is -2.34. The highest BCUT2D eigenvalue weighted by molar-refractivity contribution is 5.85. The molecule has 0 saturated heterocycles. The van der Waals surface area contributed by atoms with Crippen molar-refractivity contribution in [2.45, 2.75) is 25.6 Å². The summed E-state index contributed by atoms with van der Waals surface area (Å²) >= 11 is 0. The summed E-state index contributed by atoms with van der Waals surface area (Å²) in [6, 6.07) is 16.5.